The first kappa shape index (κ1) is 22.8. The fraction of sp³-hybridized carbons (Fsp3) is 0.174. The molecule has 6 nitrogen and oxygen atoms in total. The van der Waals surface area contributed by atoms with E-state index in [4.69, 9.17) is 16.3 Å². The lowest BCUT2D eigenvalue weighted by molar-refractivity contribution is 0.102. The Balaban J connectivity index is 1.87. The van der Waals surface area contributed by atoms with Crippen LogP contribution >= 0.6 is 11.6 Å². The van der Waals surface area contributed by atoms with Gasteiger partial charge in [0.2, 0.25) is 10.0 Å². The maximum absolute atomic E-state index is 12.9. The van der Waals surface area contributed by atoms with Crippen LogP contribution in [-0.2, 0) is 16.6 Å². The number of anilines is 1. The fourth-order valence-corrected chi connectivity index (χ4v) is 4.42. The predicted molar refractivity (Wildman–Crippen MR) is 122 cm³/mol. The Hall–Kier alpha value is -2.87. The van der Waals surface area contributed by atoms with Gasteiger partial charge in [0.25, 0.3) is 5.91 Å². The predicted octanol–water partition coefficient (Wildman–Crippen LogP) is 4.73. The van der Waals surface area contributed by atoms with Crippen LogP contribution in [0.1, 0.15) is 21.5 Å². The molecule has 0 unspecified atom stereocenters. The molecule has 0 heterocycles. The molecule has 1 amide bonds. The number of rotatable bonds is 7. The average Bonchev–Trinajstić information content (AvgIpc) is 2.77. The van der Waals surface area contributed by atoms with E-state index in [1.165, 1.54) is 18.5 Å². The molecule has 8 heteroatoms. The van der Waals surface area contributed by atoms with E-state index in [-0.39, 0.29) is 17.3 Å². The van der Waals surface area contributed by atoms with E-state index in [1.54, 1.807) is 66.7 Å². The standard InChI is InChI=1S/C23H23ClN2O4S/c1-16-20(24)10-7-11-21(16)25-23(27)17-12-13-22(30-3)18(14-17)15-26(2)31(28,29)19-8-5-4-6-9-19/h4-14H,15H2,1-3H3,(H,25,27). The number of hydrogen-bond donors (Lipinski definition) is 1. The molecule has 3 rings (SSSR count). The molecule has 0 aliphatic heterocycles. The Morgan fingerprint density at radius 1 is 1.06 bits per heavy atom. The molecule has 31 heavy (non-hydrogen) atoms. The van der Waals surface area contributed by atoms with Gasteiger partial charge in [0.15, 0.2) is 0 Å². The van der Waals surface area contributed by atoms with E-state index in [9.17, 15) is 13.2 Å². The summed E-state index contributed by atoms with van der Waals surface area (Å²) in [6.07, 6.45) is 0. The van der Waals surface area contributed by atoms with Gasteiger partial charge in [-0.05, 0) is 55.0 Å². The van der Waals surface area contributed by atoms with Crippen molar-refractivity contribution in [3.8, 4) is 5.75 Å². The summed E-state index contributed by atoms with van der Waals surface area (Å²) in [6, 6.07) is 18.4. The largest absolute Gasteiger partial charge is 0.496 e. The number of sulfonamides is 1. The van der Waals surface area contributed by atoms with Crippen molar-refractivity contribution in [3.05, 3.63) is 88.4 Å². The summed E-state index contributed by atoms with van der Waals surface area (Å²) in [4.78, 5) is 13.0. The van der Waals surface area contributed by atoms with Crippen molar-refractivity contribution < 1.29 is 17.9 Å². The van der Waals surface area contributed by atoms with Crippen LogP contribution in [0.15, 0.2) is 71.6 Å². The third-order valence-corrected chi connectivity index (χ3v) is 7.13. The normalized spacial score (nSPS) is 11.4. The minimum atomic E-state index is -3.69. The van der Waals surface area contributed by atoms with Crippen LogP contribution in [0.4, 0.5) is 5.69 Å². The van der Waals surface area contributed by atoms with Gasteiger partial charge in [0, 0.05) is 35.4 Å². The van der Waals surface area contributed by atoms with Crippen LogP contribution in [0.25, 0.3) is 0 Å². The van der Waals surface area contributed by atoms with Gasteiger partial charge in [-0.25, -0.2) is 8.42 Å². The highest BCUT2D eigenvalue weighted by Gasteiger charge is 2.22. The summed E-state index contributed by atoms with van der Waals surface area (Å²) in [5.41, 5.74) is 2.32. The molecule has 0 spiro atoms. The van der Waals surface area contributed by atoms with Gasteiger partial charge in [-0.15, -0.1) is 0 Å². The zero-order chi connectivity index (χ0) is 22.6. The van der Waals surface area contributed by atoms with E-state index < -0.39 is 10.0 Å². The van der Waals surface area contributed by atoms with E-state index in [1.807, 2.05) is 6.92 Å². The lowest BCUT2D eigenvalue weighted by Gasteiger charge is -2.19. The molecule has 3 aromatic rings. The molecule has 0 aliphatic carbocycles. The molecule has 162 valence electrons. The highest BCUT2D eigenvalue weighted by molar-refractivity contribution is 7.89. The molecule has 3 aromatic carbocycles. The minimum absolute atomic E-state index is 0.0394. The second kappa shape index (κ2) is 9.51. The maximum atomic E-state index is 12.9. The summed E-state index contributed by atoms with van der Waals surface area (Å²) in [5.74, 6) is 0.161. The fourth-order valence-electron chi connectivity index (χ4n) is 3.08. The molecule has 0 aromatic heterocycles. The second-order valence-electron chi connectivity index (χ2n) is 6.97. The minimum Gasteiger partial charge on any atom is -0.496 e. The molecule has 0 saturated carbocycles. The first-order valence-electron chi connectivity index (χ1n) is 9.49. The number of carbonyl (C=O) groups excluding carboxylic acids is 1. The van der Waals surface area contributed by atoms with Crippen molar-refractivity contribution in [3.63, 3.8) is 0 Å². The number of ether oxygens (including phenoxy) is 1. The van der Waals surface area contributed by atoms with E-state index in [0.29, 0.717) is 27.6 Å². The smallest absolute Gasteiger partial charge is 0.255 e. The average molecular weight is 459 g/mol. The van der Waals surface area contributed by atoms with Crippen molar-refractivity contribution in [2.24, 2.45) is 0 Å². The number of carbonyl (C=O) groups is 1. The van der Waals surface area contributed by atoms with Gasteiger partial charge in [0.05, 0.1) is 12.0 Å². The molecule has 0 fully saturated rings. The molecule has 0 radical (unpaired) electrons. The summed E-state index contributed by atoms with van der Waals surface area (Å²) >= 11 is 6.13. The van der Waals surface area contributed by atoms with Crippen LogP contribution < -0.4 is 10.1 Å². The Labute approximate surface area is 187 Å². The molecular formula is C23H23ClN2O4S. The highest BCUT2D eigenvalue weighted by Crippen LogP contribution is 2.26. The van der Waals surface area contributed by atoms with Crippen molar-refractivity contribution in [2.75, 3.05) is 19.5 Å². The van der Waals surface area contributed by atoms with Crippen LogP contribution in [0.2, 0.25) is 5.02 Å². The summed E-state index contributed by atoms with van der Waals surface area (Å²) in [7, 11) is -0.702. The summed E-state index contributed by atoms with van der Waals surface area (Å²) < 4.78 is 32.3. The van der Waals surface area contributed by atoms with Crippen molar-refractivity contribution in [1.29, 1.82) is 0 Å². The highest BCUT2D eigenvalue weighted by atomic mass is 35.5. The summed E-state index contributed by atoms with van der Waals surface area (Å²) in [6.45, 7) is 1.86. The molecule has 0 aliphatic rings. The van der Waals surface area contributed by atoms with E-state index >= 15 is 0 Å². The Bertz CT molecular complexity index is 1200. The molecule has 1 N–H and O–H groups in total. The van der Waals surface area contributed by atoms with Crippen molar-refractivity contribution in [2.45, 2.75) is 18.4 Å². The quantitative estimate of drug-likeness (QED) is 0.555. The van der Waals surface area contributed by atoms with Gasteiger partial charge < -0.3 is 10.1 Å². The Kier molecular flexibility index (Phi) is 7.00. The first-order chi connectivity index (χ1) is 14.7. The van der Waals surface area contributed by atoms with Crippen molar-refractivity contribution in [1.82, 2.24) is 4.31 Å². The third-order valence-electron chi connectivity index (χ3n) is 4.90. The molecule has 0 bridgehead atoms. The number of amides is 1. The first-order valence-corrected chi connectivity index (χ1v) is 11.3. The van der Waals surface area contributed by atoms with E-state index in [0.717, 1.165) is 5.56 Å². The third kappa shape index (κ3) is 5.07. The van der Waals surface area contributed by atoms with Gasteiger partial charge >= 0.3 is 0 Å². The zero-order valence-corrected chi connectivity index (χ0v) is 19.0. The SMILES string of the molecule is COc1ccc(C(=O)Nc2cccc(Cl)c2C)cc1CN(C)S(=O)(=O)c1ccccc1. The molecule has 0 saturated heterocycles. The van der Waals surface area contributed by atoms with Crippen molar-refractivity contribution >= 4 is 33.2 Å². The molecular weight excluding hydrogens is 436 g/mol. The number of halogens is 1. The van der Waals surface area contributed by atoms with E-state index in [2.05, 4.69) is 5.32 Å². The zero-order valence-electron chi connectivity index (χ0n) is 17.4. The topological polar surface area (TPSA) is 75.7 Å². The number of benzene rings is 3. The summed E-state index contributed by atoms with van der Waals surface area (Å²) in [5, 5.41) is 3.40. The monoisotopic (exact) mass is 458 g/mol. The molecule has 0 atom stereocenters. The van der Waals surface area contributed by atoms with Crippen LogP contribution in [0.5, 0.6) is 5.75 Å². The number of methoxy groups -OCH3 is 1. The second-order valence-corrected chi connectivity index (χ2v) is 9.42. The lowest BCUT2D eigenvalue weighted by atomic mass is 10.1. The Morgan fingerprint density at radius 3 is 2.45 bits per heavy atom. The Morgan fingerprint density at radius 2 is 1.77 bits per heavy atom. The number of hydrogen-bond acceptors (Lipinski definition) is 4. The van der Waals surface area contributed by atoms with Gasteiger partial charge in [-0.2, -0.15) is 4.31 Å². The van der Waals surface area contributed by atoms with Crippen LogP contribution in [0.3, 0.4) is 0 Å². The van der Waals surface area contributed by atoms with Gasteiger partial charge in [0.1, 0.15) is 5.75 Å². The maximum Gasteiger partial charge on any atom is 0.255 e. The number of nitrogens with one attached hydrogen (secondary N) is 1. The lowest BCUT2D eigenvalue weighted by Crippen LogP contribution is -2.27. The van der Waals surface area contributed by atoms with Crippen LogP contribution in [0, 0.1) is 6.92 Å². The van der Waals surface area contributed by atoms with Gasteiger partial charge in [-0.1, -0.05) is 35.9 Å². The van der Waals surface area contributed by atoms with Crippen LogP contribution in [-0.4, -0.2) is 32.8 Å². The van der Waals surface area contributed by atoms with Gasteiger partial charge in [-0.3, -0.25) is 4.79 Å². The number of nitrogens with zero attached hydrogens (tertiary/aromatic N) is 1.